The predicted octanol–water partition coefficient (Wildman–Crippen LogP) is 4.66. The van der Waals surface area contributed by atoms with Crippen molar-refractivity contribution in [2.75, 3.05) is 27.3 Å². The van der Waals surface area contributed by atoms with E-state index in [0.29, 0.717) is 36.0 Å². The van der Waals surface area contributed by atoms with Gasteiger partial charge in [0, 0.05) is 22.5 Å². The lowest BCUT2D eigenvalue weighted by molar-refractivity contribution is 0.0743. The van der Waals surface area contributed by atoms with Crippen LogP contribution in [0.1, 0.15) is 16.1 Å². The Hall–Kier alpha value is -2.47. The Morgan fingerprint density at radius 2 is 1.92 bits per heavy atom. The van der Waals surface area contributed by atoms with Crippen LogP contribution in [0, 0.1) is 6.92 Å². The van der Waals surface area contributed by atoms with Crippen LogP contribution in [0.15, 0.2) is 51.4 Å². The van der Waals surface area contributed by atoms with E-state index in [1.165, 1.54) is 0 Å². The molecule has 3 rings (SSSR count). The minimum Gasteiger partial charge on any atom is -0.493 e. The first-order valence-corrected chi connectivity index (χ1v) is 9.00. The van der Waals surface area contributed by atoms with Crippen LogP contribution >= 0.6 is 15.9 Å². The Labute approximate surface area is 160 Å². The number of para-hydroxylation sites is 2. The number of aryl methyl sites for hydroxylation is 1. The quantitative estimate of drug-likeness (QED) is 0.584. The van der Waals surface area contributed by atoms with Crippen molar-refractivity contribution < 1.29 is 18.7 Å². The molecule has 0 radical (unpaired) electrons. The number of amides is 1. The minimum atomic E-state index is -0.168. The highest BCUT2D eigenvalue weighted by Gasteiger charge is 2.21. The van der Waals surface area contributed by atoms with Gasteiger partial charge >= 0.3 is 0 Å². The summed E-state index contributed by atoms with van der Waals surface area (Å²) in [6, 6.07) is 13.1. The van der Waals surface area contributed by atoms with Crippen molar-refractivity contribution in [2.45, 2.75) is 6.92 Å². The van der Waals surface area contributed by atoms with Gasteiger partial charge < -0.3 is 18.8 Å². The van der Waals surface area contributed by atoms with E-state index in [2.05, 4.69) is 15.9 Å². The number of benzene rings is 2. The number of ether oxygens (including phenoxy) is 2. The van der Waals surface area contributed by atoms with E-state index >= 15 is 0 Å². The average molecular weight is 418 g/mol. The fraction of sp³-hybridized carbons (Fsp3) is 0.250. The Balaban J connectivity index is 1.67. The Morgan fingerprint density at radius 1 is 1.19 bits per heavy atom. The van der Waals surface area contributed by atoms with Crippen molar-refractivity contribution in [3.63, 3.8) is 0 Å². The van der Waals surface area contributed by atoms with Crippen LogP contribution in [0.25, 0.3) is 11.0 Å². The first-order valence-electron chi connectivity index (χ1n) is 8.21. The summed E-state index contributed by atoms with van der Waals surface area (Å²) >= 11 is 3.45. The molecular formula is C20H20BrNO4. The van der Waals surface area contributed by atoms with Crippen LogP contribution in [0.2, 0.25) is 0 Å². The van der Waals surface area contributed by atoms with Gasteiger partial charge in [-0.05, 0) is 37.3 Å². The molecule has 1 amide bonds. The van der Waals surface area contributed by atoms with Gasteiger partial charge in [0.1, 0.15) is 12.2 Å². The number of nitrogens with zero attached hydrogens (tertiary/aromatic N) is 1. The highest BCUT2D eigenvalue weighted by atomic mass is 79.9. The topological polar surface area (TPSA) is 51.9 Å². The zero-order chi connectivity index (χ0) is 18.7. The molecule has 0 saturated heterocycles. The van der Waals surface area contributed by atoms with Crippen LogP contribution < -0.4 is 9.47 Å². The molecule has 0 aliphatic rings. The number of methoxy groups -OCH3 is 1. The summed E-state index contributed by atoms with van der Waals surface area (Å²) in [6.45, 7) is 2.68. The number of furan rings is 1. The second kappa shape index (κ2) is 7.83. The molecule has 0 bridgehead atoms. The second-order valence-electron chi connectivity index (χ2n) is 5.92. The first-order chi connectivity index (χ1) is 12.5. The highest BCUT2D eigenvalue weighted by Crippen LogP contribution is 2.29. The van der Waals surface area contributed by atoms with Gasteiger partial charge in [-0.2, -0.15) is 0 Å². The third-order valence-corrected chi connectivity index (χ3v) is 4.69. The Morgan fingerprint density at radius 3 is 2.65 bits per heavy atom. The molecule has 0 fully saturated rings. The lowest BCUT2D eigenvalue weighted by atomic mass is 10.1. The third-order valence-electron chi connectivity index (χ3n) is 4.19. The lowest BCUT2D eigenvalue weighted by Crippen LogP contribution is -2.31. The number of hydrogen-bond donors (Lipinski definition) is 0. The maximum absolute atomic E-state index is 12.7. The monoisotopic (exact) mass is 417 g/mol. The fourth-order valence-electron chi connectivity index (χ4n) is 2.70. The zero-order valence-electron chi connectivity index (χ0n) is 14.9. The second-order valence-corrected chi connectivity index (χ2v) is 6.84. The van der Waals surface area contributed by atoms with Crippen LogP contribution in [0.4, 0.5) is 0 Å². The van der Waals surface area contributed by atoms with Gasteiger partial charge in [-0.3, -0.25) is 4.79 Å². The third kappa shape index (κ3) is 3.70. The van der Waals surface area contributed by atoms with Gasteiger partial charge in [0.05, 0.1) is 13.7 Å². The van der Waals surface area contributed by atoms with Gasteiger partial charge in [-0.15, -0.1) is 0 Å². The molecule has 26 heavy (non-hydrogen) atoms. The molecule has 136 valence electrons. The predicted molar refractivity (Wildman–Crippen MR) is 104 cm³/mol. The number of fused-ring (bicyclic) bond motifs is 1. The standard InChI is InChI=1S/C20H20BrNO4/c1-13-15-12-14(21)8-9-16(15)26-19(13)20(23)22(2)10-11-25-18-7-5-4-6-17(18)24-3/h4-9,12H,10-11H2,1-3H3. The van der Waals surface area contributed by atoms with E-state index in [4.69, 9.17) is 13.9 Å². The fourth-order valence-corrected chi connectivity index (χ4v) is 3.06. The number of rotatable bonds is 6. The average Bonchev–Trinajstić information content (AvgIpc) is 2.97. The normalized spacial score (nSPS) is 10.8. The molecule has 0 N–H and O–H groups in total. The molecular weight excluding hydrogens is 398 g/mol. The smallest absolute Gasteiger partial charge is 0.289 e. The first kappa shape index (κ1) is 18.3. The molecule has 6 heteroatoms. The molecule has 0 unspecified atom stereocenters. The molecule has 0 aliphatic heterocycles. The summed E-state index contributed by atoms with van der Waals surface area (Å²) in [5.74, 6) is 1.51. The molecule has 1 aromatic heterocycles. The molecule has 0 aliphatic carbocycles. The largest absolute Gasteiger partial charge is 0.493 e. The molecule has 0 spiro atoms. The zero-order valence-corrected chi connectivity index (χ0v) is 16.5. The number of carbonyl (C=O) groups is 1. The van der Waals surface area contributed by atoms with Crippen molar-refractivity contribution >= 4 is 32.8 Å². The molecule has 0 atom stereocenters. The van der Waals surface area contributed by atoms with Crippen LogP contribution in [0.5, 0.6) is 11.5 Å². The van der Waals surface area contributed by atoms with Crippen molar-refractivity contribution in [3.05, 3.63) is 58.3 Å². The summed E-state index contributed by atoms with van der Waals surface area (Å²) in [6.07, 6.45) is 0. The number of hydrogen-bond acceptors (Lipinski definition) is 4. The van der Waals surface area contributed by atoms with Crippen LogP contribution in [-0.2, 0) is 0 Å². The van der Waals surface area contributed by atoms with Gasteiger partial charge in [-0.1, -0.05) is 28.1 Å². The Bertz CT molecular complexity index is 935. The van der Waals surface area contributed by atoms with Crippen molar-refractivity contribution in [2.24, 2.45) is 0 Å². The van der Waals surface area contributed by atoms with Gasteiger partial charge in [0.25, 0.3) is 5.91 Å². The molecule has 5 nitrogen and oxygen atoms in total. The molecule has 2 aromatic carbocycles. The summed E-state index contributed by atoms with van der Waals surface area (Å²) < 4.78 is 17.7. The van der Waals surface area contributed by atoms with E-state index in [1.54, 1.807) is 19.1 Å². The summed E-state index contributed by atoms with van der Waals surface area (Å²) in [5, 5.41) is 0.932. The van der Waals surface area contributed by atoms with Gasteiger partial charge in [0.2, 0.25) is 0 Å². The maximum atomic E-state index is 12.7. The van der Waals surface area contributed by atoms with E-state index < -0.39 is 0 Å². The van der Waals surface area contributed by atoms with E-state index in [-0.39, 0.29) is 5.91 Å². The SMILES string of the molecule is COc1ccccc1OCCN(C)C(=O)c1oc2ccc(Br)cc2c1C. The summed E-state index contributed by atoms with van der Waals surface area (Å²) in [5.41, 5.74) is 1.54. The van der Waals surface area contributed by atoms with Crippen molar-refractivity contribution in [1.29, 1.82) is 0 Å². The lowest BCUT2D eigenvalue weighted by Gasteiger charge is -2.17. The number of likely N-dealkylation sites (N-methyl/N-ethyl adjacent to an activating group) is 1. The number of halogens is 1. The molecule has 0 saturated carbocycles. The minimum absolute atomic E-state index is 0.168. The maximum Gasteiger partial charge on any atom is 0.289 e. The summed E-state index contributed by atoms with van der Waals surface area (Å²) in [4.78, 5) is 14.3. The van der Waals surface area contributed by atoms with Gasteiger partial charge in [-0.25, -0.2) is 0 Å². The van der Waals surface area contributed by atoms with Crippen molar-refractivity contribution in [1.82, 2.24) is 4.90 Å². The Kier molecular flexibility index (Phi) is 5.52. The van der Waals surface area contributed by atoms with Crippen LogP contribution in [0.3, 0.4) is 0 Å². The van der Waals surface area contributed by atoms with E-state index in [1.807, 2.05) is 49.4 Å². The summed E-state index contributed by atoms with van der Waals surface area (Å²) in [7, 11) is 3.33. The van der Waals surface area contributed by atoms with Gasteiger partial charge in [0.15, 0.2) is 17.3 Å². The highest BCUT2D eigenvalue weighted by molar-refractivity contribution is 9.10. The molecule has 1 heterocycles. The van der Waals surface area contributed by atoms with E-state index in [0.717, 1.165) is 15.4 Å². The molecule has 3 aromatic rings. The van der Waals surface area contributed by atoms with E-state index in [9.17, 15) is 4.79 Å². The van der Waals surface area contributed by atoms with Crippen molar-refractivity contribution in [3.8, 4) is 11.5 Å². The number of carbonyl (C=O) groups excluding carboxylic acids is 1. The van der Waals surface area contributed by atoms with Crippen LogP contribution in [-0.4, -0.2) is 38.1 Å².